The van der Waals surface area contributed by atoms with Gasteiger partial charge in [-0.25, -0.2) is 14.2 Å². The van der Waals surface area contributed by atoms with Gasteiger partial charge in [0.1, 0.15) is 11.6 Å². The molecule has 0 radical (unpaired) electrons. The first-order chi connectivity index (χ1) is 9.54. The second-order valence-corrected chi connectivity index (χ2v) is 4.47. The number of rotatable bonds is 5. The van der Waals surface area contributed by atoms with Gasteiger partial charge in [0.2, 0.25) is 0 Å². The van der Waals surface area contributed by atoms with Crippen molar-refractivity contribution in [3.8, 4) is 0 Å². The number of carboxylic acid groups (broad SMARTS) is 1. The fraction of sp³-hybridized carbons (Fsp3) is 0.214. The largest absolute Gasteiger partial charge is 0.476 e. The molecule has 104 valence electrons. The van der Waals surface area contributed by atoms with Gasteiger partial charge in [-0.1, -0.05) is 12.1 Å². The van der Waals surface area contributed by atoms with Crippen LogP contribution in [0.15, 0.2) is 36.7 Å². The van der Waals surface area contributed by atoms with E-state index in [0.29, 0.717) is 12.2 Å². The molecule has 1 unspecified atom stereocenters. The first-order valence-electron chi connectivity index (χ1n) is 6.11. The molecule has 0 saturated carbocycles. The predicted molar refractivity (Wildman–Crippen MR) is 72.2 cm³/mol. The minimum Gasteiger partial charge on any atom is -0.476 e. The molecule has 0 saturated heterocycles. The predicted octanol–water partition coefficient (Wildman–Crippen LogP) is 2.36. The second-order valence-electron chi connectivity index (χ2n) is 4.47. The Labute approximate surface area is 115 Å². The van der Waals surface area contributed by atoms with E-state index in [0.717, 1.165) is 5.56 Å². The van der Waals surface area contributed by atoms with Crippen LogP contribution in [0.2, 0.25) is 0 Å². The Hall–Kier alpha value is -2.50. The number of carboxylic acids is 1. The standard InChI is InChI=1S/C14H14FN3O2/c1-9(6-10-2-4-11(15)5-3-10)17-13-8-16-7-12(18-13)14(19)20/h2-5,7-9H,6H2,1H3,(H,17,18)(H,19,20). The van der Waals surface area contributed by atoms with Gasteiger partial charge in [-0.15, -0.1) is 0 Å². The van der Waals surface area contributed by atoms with Crippen molar-refractivity contribution in [2.45, 2.75) is 19.4 Å². The van der Waals surface area contributed by atoms with Crippen LogP contribution in [0.5, 0.6) is 0 Å². The molecule has 1 atom stereocenters. The molecule has 1 aromatic heterocycles. The van der Waals surface area contributed by atoms with E-state index in [2.05, 4.69) is 15.3 Å². The summed E-state index contributed by atoms with van der Waals surface area (Å²) in [7, 11) is 0. The van der Waals surface area contributed by atoms with Gasteiger partial charge in [0.15, 0.2) is 5.69 Å². The highest BCUT2D eigenvalue weighted by molar-refractivity contribution is 5.85. The van der Waals surface area contributed by atoms with Crippen LogP contribution in [0.3, 0.4) is 0 Å². The molecular formula is C14H14FN3O2. The Morgan fingerprint density at radius 1 is 1.35 bits per heavy atom. The van der Waals surface area contributed by atoms with Crippen molar-refractivity contribution in [3.05, 3.63) is 53.7 Å². The zero-order valence-corrected chi connectivity index (χ0v) is 10.9. The highest BCUT2D eigenvalue weighted by Crippen LogP contribution is 2.10. The molecule has 0 aliphatic heterocycles. The Balaban J connectivity index is 2.00. The van der Waals surface area contributed by atoms with E-state index in [4.69, 9.17) is 5.11 Å². The van der Waals surface area contributed by atoms with E-state index in [1.807, 2.05) is 6.92 Å². The maximum Gasteiger partial charge on any atom is 0.356 e. The quantitative estimate of drug-likeness (QED) is 0.876. The zero-order chi connectivity index (χ0) is 14.5. The van der Waals surface area contributed by atoms with E-state index in [-0.39, 0.29) is 17.6 Å². The molecule has 0 aliphatic rings. The van der Waals surface area contributed by atoms with E-state index >= 15 is 0 Å². The molecule has 0 bridgehead atoms. The van der Waals surface area contributed by atoms with Crippen molar-refractivity contribution in [2.75, 3.05) is 5.32 Å². The molecule has 0 amide bonds. The lowest BCUT2D eigenvalue weighted by Gasteiger charge is -2.14. The van der Waals surface area contributed by atoms with Crippen LogP contribution in [0.4, 0.5) is 10.2 Å². The van der Waals surface area contributed by atoms with Gasteiger partial charge >= 0.3 is 5.97 Å². The van der Waals surface area contributed by atoms with Crippen LogP contribution in [0.25, 0.3) is 0 Å². The van der Waals surface area contributed by atoms with Gasteiger partial charge in [0.25, 0.3) is 0 Å². The van der Waals surface area contributed by atoms with Gasteiger partial charge in [0, 0.05) is 6.04 Å². The summed E-state index contributed by atoms with van der Waals surface area (Å²) >= 11 is 0. The van der Waals surface area contributed by atoms with Crippen molar-refractivity contribution in [2.24, 2.45) is 0 Å². The van der Waals surface area contributed by atoms with Crippen molar-refractivity contribution in [1.82, 2.24) is 9.97 Å². The summed E-state index contributed by atoms with van der Waals surface area (Å²) < 4.78 is 12.8. The van der Waals surface area contributed by atoms with Gasteiger partial charge in [-0.3, -0.25) is 4.98 Å². The van der Waals surface area contributed by atoms with Gasteiger partial charge in [-0.05, 0) is 31.0 Å². The average molecular weight is 275 g/mol. The number of aromatic carboxylic acids is 1. The summed E-state index contributed by atoms with van der Waals surface area (Å²) in [5.74, 6) is -0.985. The summed E-state index contributed by atoms with van der Waals surface area (Å²) in [6.45, 7) is 1.93. The van der Waals surface area contributed by atoms with Crippen LogP contribution in [0, 0.1) is 5.82 Å². The maximum absolute atomic E-state index is 12.8. The summed E-state index contributed by atoms with van der Waals surface area (Å²) in [6.07, 6.45) is 3.32. The summed E-state index contributed by atoms with van der Waals surface area (Å²) in [6, 6.07) is 6.26. The van der Waals surface area contributed by atoms with Gasteiger partial charge < -0.3 is 10.4 Å². The van der Waals surface area contributed by atoms with Gasteiger partial charge in [0.05, 0.1) is 12.4 Å². The number of anilines is 1. The van der Waals surface area contributed by atoms with Crippen LogP contribution in [-0.4, -0.2) is 27.1 Å². The maximum atomic E-state index is 12.8. The molecule has 2 aromatic rings. The minimum atomic E-state index is -1.12. The van der Waals surface area contributed by atoms with Crippen molar-refractivity contribution >= 4 is 11.8 Å². The Kier molecular flexibility index (Phi) is 4.24. The summed E-state index contributed by atoms with van der Waals surface area (Å²) in [5.41, 5.74) is 0.873. The molecular weight excluding hydrogens is 261 g/mol. The Bertz CT molecular complexity index is 602. The molecule has 0 aliphatic carbocycles. The molecule has 0 spiro atoms. The number of aromatic nitrogens is 2. The number of hydrogen-bond acceptors (Lipinski definition) is 4. The molecule has 0 fully saturated rings. The lowest BCUT2D eigenvalue weighted by molar-refractivity contribution is 0.0690. The monoisotopic (exact) mass is 275 g/mol. The summed E-state index contributed by atoms with van der Waals surface area (Å²) in [4.78, 5) is 18.6. The lowest BCUT2D eigenvalue weighted by atomic mass is 10.1. The Morgan fingerprint density at radius 2 is 2.05 bits per heavy atom. The van der Waals surface area contributed by atoms with Crippen molar-refractivity contribution < 1.29 is 14.3 Å². The zero-order valence-electron chi connectivity index (χ0n) is 10.9. The van der Waals surface area contributed by atoms with E-state index in [9.17, 15) is 9.18 Å². The fourth-order valence-corrected chi connectivity index (χ4v) is 1.82. The average Bonchev–Trinajstić information content (AvgIpc) is 2.41. The van der Waals surface area contributed by atoms with Crippen molar-refractivity contribution in [1.29, 1.82) is 0 Å². The molecule has 6 heteroatoms. The van der Waals surface area contributed by atoms with Crippen LogP contribution in [0.1, 0.15) is 23.0 Å². The number of carbonyl (C=O) groups is 1. The minimum absolute atomic E-state index is 0.0128. The van der Waals surface area contributed by atoms with Crippen LogP contribution < -0.4 is 5.32 Å². The lowest BCUT2D eigenvalue weighted by Crippen LogP contribution is -2.19. The smallest absolute Gasteiger partial charge is 0.356 e. The topological polar surface area (TPSA) is 75.1 Å². The molecule has 1 aromatic carbocycles. The number of halogens is 1. The highest BCUT2D eigenvalue weighted by Gasteiger charge is 2.09. The van der Waals surface area contributed by atoms with Crippen LogP contribution in [-0.2, 0) is 6.42 Å². The highest BCUT2D eigenvalue weighted by atomic mass is 19.1. The summed E-state index contributed by atoms with van der Waals surface area (Å²) in [5, 5.41) is 11.9. The number of nitrogens with one attached hydrogen (secondary N) is 1. The third-order valence-corrected chi connectivity index (χ3v) is 2.70. The second kappa shape index (κ2) is 6.10. The first-order valence-corrected chi connectivity index (χ1v) is 6.11. The SMILES string of the molecule is CC(Cc1ccc(F)cc1)Nc1cncc(C(=O)O)n1. The van der Waals surface area contributed by atoms with E-state index in [1.165, 1.54) is 24.5 Å². The first kappa shape index (κ1) is 13.9. The number of nitrogens with zero attached hydrogens (tertiary/aromatic N) is 2. The molecule has 2 rings (SSSR count). The number of benzene rings is 1. The van der Waals surface area contributed by atoms with E-state index in [1.54, 1.807) is 12.1 Å². The van der Waals surface area contributed by atoms with Gasteiger partial charge in [-0.2, -0.15) is 0 Å². The third kappa shape index (κ3) is 3.74. The third-order valence-electron chi connectivity index (χ3n) is 2.70. The van der Waals surface area contributed by atoms with Crippen molar-refractivity contribution in [3.63, 3.8) is 0 Å². The molecule has 1 heterocycles. The van der Waals surface area contributed by atoms with E-state index < -0.39 is 5.97 Å². The normalized spacial score (nSPS) is 11.9. The number of hydrogen-bond donors (Lipinski definition) is 2. The molecule has 20 heavy (non-hydrogen) atoms. The van der Waals surface area contributed by atoms with Crippen LogP contribution >= 0.6 is 0 Å². The Morgan fingerprint density at radius 3 is 2.70 bits per heavy atom. The fourth-order valence-electron chi connectivity index (χ4n) is 1.82. The molecule has 2 N–H and O–H groups in total. The molecule has 5 nitrogen and oxygen atoms in total.